The van der Waals surface area contributed by atoms with Crippen molar-refractivity contribution in [3.63, 3.8) is 0 Å². The van der Waals surface area contributed by atoms with E-state index in [1.165, 1.54) is 0 Å². The van der Waals surface area contributed by atoms with Crippen LogP contribution >= 0.6 is 0 Å². The van der Waals surface area contributed by atoms with Crippen LogP contribution in [0.4, 0.5) is 5.69 Å². The molecular weight excluding hydrogens is 342 g/mol. The summed E-state index contributed by atoms with van der Waals surface area (Å²) in [5.41, 5.74) is 2.98. The minimum Gasteiger partial charge on any atom is -0.378 e. The Morgan fingerprint density at radius 3 is 2.26 bits per heavy atom. The van der Waals surface area contributed by atoms with E-state index < -0.39 is 0 Å². The fraction of sp³-hybridized carbons (Fsp3) is 0.333. The minimum atomic E-state index is -0.139. The summed E-state index contributed by atoms with van der Waals surface area (Å²) in [7, 11) is 1.77. The molecule has 0 saturated carbocycles. The van der Waals surface area contributed by atoms with Crippen molar-refractivity contribution >= 4 is 17.5 Å². The van der Waals surface area contributed by atoms with Gasteiger partial charge >= 0.3 is 0 Å². The second kappa shape index (κ2) is 9.30. The third-order valence-corrected chi connectivity index (χ3v) is 4.46. The summed E-state index contributed by atoms with van der Waals surface area (Å²) in [5, 5.41) is 2.88. The summed E-state index contributed by atoms with van der Waals surface area (Å²) < 4.78 is 5.25. The standard InChI is InChI=1S/C21H25N3O3/c1-23(16-21(26)24-11-13-27-14-12-24)15-20(25)22-19-9-7-18(8-10-19)17-5-3-2-4-6-17/h2-10H,11-16H2,1H3,(H,22,25). The van der Waals surface area contributed by atoms with Gasteiger partial charge in [-0.05, 0) is 30.3 Å². The molecule has 0 unspecified atom stereocenters. The van der Waals surface area contributed by atoms with E-state index in [2.05, 4.69) is 5.32 Å². The van der Waals surface area contributed by atoms with E-state index >= 15 is 0 Å². The molecule has 2 amide bonds. The smallest absolute Gasteiger partial charge is 0.238 e. The van der Waals surface area contributed by atoms with Gasteiger partial charge in [-0.15, -0.1) is 0 Å². The van der Waals surface area contributed by atoms with Crippen molar-refractivity contribution < 1.29 is 14.3 Å². The van der Waals surface area contributed by atoms with Crippen molar-refractivity contribution in [2.45, 2.75) is 0 Å². The molecule has 0 aromatic heterocycles. The van der Waals surface area contributed by atoms with Crippen molar-refractivity contribution in [2.75, 3.05) is 51.8 Å². The van der Waals surface area contributed by atoms with Crippen molar-refractivity contribution in [1.82, 2.24) is 9.80 Å². The molecule has 0 spiro atoms. The molecule has 0 atom stereocenters. The number of ether oxygens (including phenoxy) is 1. The van der Waals surface area contributed by atoms with Gasteiger partial charge in [0.05, 0.1) is 26.3 Å². The Balaban J connectivity index is 1.47. The summed E-state index contributed by atoms with van der Waals surface area (Å²) in [5.74, 6) is -0.111. The van der Waals surface area contributed by atoms with E-state index in [0.29, 0.717) is 26.3 Å². The van der Waals surface area contributed by atoms with Crippen LogP contribution in [0.15, 0.2) is 54.6 Å². The highest BCUT2D eigenvalue weighted by atomic mass is 16.5. The van der Waals surface area contributed by atoms with Crippen LogP contribution in [0.1, 0.15) is 0 Å². The van der Waals surface area contributed by atoms with Gasteiger partial charge in [0.25, 0.3) is 0 Å². The van der Waals surface area contributed by atoms with Crippen LogP contribution in [0.3, 0.4) is 0 Å². The number of nitrogens with zero attached hydrogens (tertiary/aromatic N) is 2. The molecule has 1 aliphatic heterocycles. The summed E-state index contributed by atoms with van der Waals surface area (Å²) in [6.07, 6.45) is 0. The molecule has 142 valence electrons. The fourth-order valence-electron chi connectivity index (χ4n) is 3.02. The minimum absolute atomic E-state index is 0.0285. The highest BCUT2D eigenvalue weighted by Crippen LogP contribution is 2.20. The van der Waals surface area contributed by atoms with E-state index in [0.717, 1.165) is 16.8 Å². The molecular formula is C21H25N3O3. The third kappa shape index (κ3) is 5.64. The SMILES string of the molecule is CN(CC(=O)Nc1ccc(-c2ccccc2)cc1)CC(=O)N1CCOCC1. The van der Waals surface area contributed by atoms with Crippen LogP contribution in [0.5, 0.6) is 0 Å². The quantitative estimate of drug-likeness (QED) is 0.849. The highest BCUT2D eigenvalue weighted by Gasteiger charge is 2.19. The van der Waals surface area contributed by atoms with Crippen molar-refractivity contribution in [3.05, 3.63) is 54.6 Å². The van der Waals surface area contributed by atoms with Crippen LogP contribution in [0.2, 0.25) is 0 Å². The number of hydrogen-bond donors (Lipinski definition) is 1. The molecule has 1 N–H and O–H groups in total. The van der Waals surface area contributed by atoms with Gasteiger partial charge in [0.15, 0.2) is 0 Å². The topological polar surface area (TPSA) is 61.9 Å². The summed E-state index contributed by atoms with van der Waals surface area (Å²) in [4.78, 5) is 28.0. The molecule has 0 bridgehead atoms. The average molecular weight is 367 g/mol. The van der Waals surface area contributed by atoms with Crippen molar-refractivity contribution in [3.8, 4) is 11.1 Å². The summed E-state index contributed by atoms with van der Waals surface area (Å²) >= 11 is 0. The number of likely N-dealkylation sites (N-methyl/N-ethyl adjacent to an activating group) is 1. The number of carbonyl (C=O) groups excluding carboxylic acids is 2. The van der Waals surface area contributed by atoms with Crippen molar-refractivity contribution in [2.24, 2.45) is 0 Å². The van der Waals surface area contributed by atoms with Crippen LogP contribution < -0.4 is 5.32 Å². The number of benzene rings is 2. The molecule has 3 rings (SSSR count). The van der Waals surface area contributed by atoms with Gasteiger partial charge in [-0.25, -0.2) is 0 Å². The molecule has 27 heavy (non-hydrogen) atoms. The van der Waals surface area contributed by atoms with Gasteiger partial charge in [0, 0.05) is 18.8 Å². The zero-order valence-electron chi connectivity index (χ0n) is 15.6. The molecule has 0 radical (unpaired) electrons. The zero-order valence-corrected chi connectivity index (χ0v) is 15.6. The number of rotatable bonds is 6. The highest BCUT2D eigenvalue weighted by molar-refractivity contribution is 5.92. The predicted molar refractivity (Wildman–Crippen MR) is 105 cm³/mol. The maximum absolute atomic E-state index is 12.2. The normalized spacial score (nSPS) is 14.2. The largest absolute Gasteiger partial charge is 0.378 e. The number of anilines is 1. The monoisotopic (exact) mass is 367 g/mol. The van der Waals surface area contributed by atoms with E-state index in [9.17, 15) is 9.59 Å². The Labute approximate surface area is 159 Å². The summed E-state index contributed by atoms with van der Waals surface area (Å²) in [6, 6.07) is 17.8. The predicted octanol–water partition coefficient (Wildman–Crippen LogP) is 2.08. The van der Waals surface area contributed by atoms with Crippen LogP contribution in [0.25, 0.3) is 11.1 Å². The number of morpholine rings is 1. The van der Waals surface area contributed by atoms with Crippen LogP contribution in [0, 0.1) is 0 Å². The summed E-state index contributed by atoms with van der Waals surface area (Å²) in [6.45, 7) is 2.78. The van der Waals surface area contributed by atoms with Gasteiger partial charge in [-0.3, -0.25) is 14.5 Å². The molecule has 1 aliphatic rings. The van der Waals surface area contributed by atoms with E-state index in [-0.39, 0.29) is 24.9 Å². The number of hydrogen-bond acceptors (Lipinski definition) is 4. The fourth-order valence-corrected chi connectivity index (χ4v) is 3.02. The first kappa shape index (κ1) is 19.1. The maximum Gasteiger partial charge on any atom is 0.238 e. The molecule has 1 saturated heterocycles. The number of amides is 2. The second-order valence-electron chi connectivity index (χ2n) is 6.66. The Bertz CT molecular complexity index is 756. The van der Waals surface area contributed by atoms with Crippen LogP contribution in [-0.4, -0.2) is 68.1 Å². The lowest BCUT2D eigenvalue weighted by Gasteiger charge is -2.28. The van der Waals surface area contributed by atoms with Gasteiger partial charge < -0.3 is 15.0 Å². The first-order chi connectivity index (χ1) is 13.1. The van der Waals surface area contributed by atoms with Gasteiger partial charge in [-0.2, -0.15) is 0 Å². The molecule has 0 aliphatic carbocycles. The van der Waals surface area contributed by atoms with Gasteiger partial charge in [-0.1, -0.05) is 42.5 Å². The zero-order chi connectivity index (χ0) is 19.1. The maximum atomic E-state index is 12.2. The molecule has 1 heterocycles. The van der Waals surface area contributed by atoms with Gasteiger partial charge in [0.1, 0.15) is 0 Å². The Hall–Kier alpha value is -2.70. The Morgan fingerprint density at radius 2 is 1.59 bits per heavy atom. The number of nitrogens with one attached hydrogen (secondary N) is 1. The van der Waals surface area contributed by atoms with Crippen LogP contribution in [-0.2, 0) is 14.3 Å². The third-order valence-electron chi connectivity index (χ3n) is 4.46. The Kier molecular flexibility index (Phi) is 6.57. The van der Waals surface area contributed by atoms with Crippen molar-refractivity contribution in [1.29, 1.82) is 0 Å². The lowest BCUT2D eigenvalue weighted by molar-refractivity contribution is -0.136. The second-order valence-corrected chi connectivity index (χ2v) is 6.66. The molecule has 1 fully saturated rings. The molecule has 2 aromatic rings. The van der Waals surface area contributed by atoms with E-state index in [4.69, 9.17) is 4.74 Å². The average Bonchev–Trinajstić information content (AvgIpc) is 2.69. The molecule has 6 nitrogen and oxygen atoms in total. The first-order valence-electron chi connectivity index (χ1n) is 9.11. The van der Waals surface area contributed by atoms with Gasteiger partial charge in [0.2, 0.25) is 11.8 Å². The van der Waals surface area contributed by atoms with E-state index in [1.807, 2.05) is 54.6 Å². The number of carbonyl (C=O) groups is 2. The molecule has 2 aromatic carbocycles. The first-order valence-corrected chi connectivity index (χ1v) is 9.11. The lowest BCUT2D eigenvalue weighted by atomic mass is 10.1. The molecule has 6 heteroatoms. The lowest BCUT2D eigenvalue weighted by Crippen LogP contribution is -2.46. The van der Waals surface area contributed by atoms with E-state index in [1.54, 1.807) is 16.8 Å². The Morgan fingerprint density at radius 1 is 0.963 bits per heavy atom.